The van der Waals surface area contributed by atoms with Crippen LogP contribution < -0.4 is 20.1 Å². The smallest absolute Gasteiger partial charge is 0.404 e. The minimum atomic E-state index is -4.25. The third kappa shape index (κ3) is 6.29. The molecule has 210 valence electrons. The van der Waals surface area contributed by atoms with Crippen molar-refractivity contribution in [3.63, 3.8) is 0 Å². The van der Waals surface area contributed by atoms with E-state index in [0.29, 0.717) is 49.8 Å². The Labute approximate surface area is 229 Å². The molecule has 0 radical (unpaired) electrons. The Kier molecular flexibility index (Phi) is 7.70. The van der Waals surface area contributed by atoms with Crippen LogP contribution in [-0.2, 0) is 19.6 Å². The highest BCUT2D eigenvalue weighted by Gasteiger charge is 2.54. The van der Waals surface area contributed by atoms with Gasteiger partial charge in [0.1, 0.15) is 17.7 Å². The highest BCUT2D eigenvalue weighted by atomic mass is 32.2. The van der Waals surface area contributed by atoms with Crippen molar-refractivity contribution in [2.45, 2.75) is 87.4 Å². The predicted octanol–water partition coefficient (Wildman–Crippen LogP) is 3.92. The average Bonchev–Trinajstić information content (AvgIpc) is 3.70. The van der Waals surface area contributed by atoms with Crippen molar-refractivity contribution in [1.82, 2.24) is 9.71 Å². The fraction of sp³-hybridized carbons (Fsp3) is 0.536. The molecule has 0 bridgehead atoms. The summed E-state index contributed by atoms with van der Waals surface area (Å²) in [7, 11) is -4.25. The van der Waals surface area contributed by atoms with Gasteiger partial charge in [-0.2, -0.15) is 8.42 Å². The van der Waals surface area contributed by atoms with Crippen molar-refractivity contribution in [3.05, 3.63) is 47.5 Å². The number of aromatic nitrogens is 1. The molecule has 0 spiro atoms. The van der Waals surface area contributed by atoms with Gasteiger partial charge < -0.3 is 20.1 Å². The molecule has 1 saturated heterocycles. The summed E-state index contributed by atoms with van der Waals surface area (Å²) >= 11 is 0. The van der Waals surface area contributed by atoms with Crippen molar-refractivity contribution < 1.29 is 27.5 Å². The second kappa shape index (κ2) is 11.0. The van der Waals surface area contributed by atoms with Crippen LogP contribution >= 0.6 is 0 Å². The first kappa shape index (κ1) is 27.2. The molecule has 3 N–H and O–H groups in total. The van der Waals surface area contributed by atoms with E-state index < -0.39 is 33.7 Å². The Bertz CT molecular complexity index is 1340. The topological polar surface area (TPSA) is 141 Å². The van der Waals surface area contributed by atoms with Gasteiger partial charge in [0.15, 0.2) is 10.6 Å². The van der Waals surface area contributed by atoms with E-state index in [1.54, 1.807) is 12.1 Å². The van der Waals surface area contributed by atoms with Crippen LogP contribution in [0, 0.1) is 6.92 Å². The van der Waals surface area contributed by atoms with Gasteiger partial charge >= 0.3 is 6.09 Å². The molecule has 1 aliphatic heterocycles. The molecule has 39 heavy (non-hydrogen) atoms. The van der Waals surface area contributed by atoms with E-state index in [-0.39, 0.29) is 5.03 Å². The monoisotopic (exact) mass is 556 g/mol. The largest absolute Gasteiger partial charge is 0.477 e. The van der Waals surface area contributed by atoms with E-state index in [1.165, 1.54) is 25.3 Å². The zero-order valence-electron chi connectivity index (χ0n) is 22.2. The summed E-state index contributed by atoms with van der Waals surface area (Å²) in [6, 6.07) is 10.7. The molecule has 11 heteroatoms. The molecule has 5 rings (SSSR count). The zero-order chi connectivity index (χ0) is 27.6. The first-order valence-corrected chi connectivity index (χ1v) is 15.2. The van der Waals surface area contributed by atoms with Crippen LogP contribution in [0.15, 0.2) is 41.4 Å². The van der Waals surface area contributed by atoms with E-state index in [4.69, 9.17) is 15.2 Å². The van der Waals surface area contributed by atoms with Crippen molar-refractivity contribution in [1.29, 1.82) is 0 Å². The van der Waals surface area contributed by atoms with Crippen LogP contribution in [0.4, 0.5) is 10.6 Å². The van der Waals surface area contributed by atoms with E-state index in [9.17, 15) is 18.0 Å². The summed E-state index contributed by atoms with van der Waals surface area (Å²) in [4.78, 5) is 30.6. The number of pyridine rings is 1. The van der Waals surface area contributed by atoms with Crippen LogP contribution in [0.5, 0.6) is 5.75 Å². The number of anilines is 1. The summed E-state index contributed by atoms with van der Waals surface area (Å²) in [6.45, 7) is 2.95. The SMILES string of the molecule is Cc1ccc(C2CCCCC2)c(OC2(C(=O)NS(=O)(=O)c3cccc(N4CCCC(OC(N)=O)C4)n3)CC2)c1. The Morgan fingerprint density at radius 2 is 1.85 bits per heavy atom. The number of nitrogens with one attached hydrogen (secondary N) is 1. The summed E-state index contributed by atoms with van der Waals surface area (Å²) in [5.41, 5.74) is 6.06. The molecule has 1 aromatic heterocycles. The van der Waals surface area contributed by atoms with Gasteiger partial charge in [-0.25, -0.2) is 14.5 Å². The molecule has 1 unspecified atom stereocenters. The van der Waals surface area contributed by atoms with Crippen molar-refractivity contribution >= 4 is 27.8 Å². The van der Waals surface area contributed by atoms with Crippen LogP contribution in [0.2, 0.25) is 0 Å². The standard InChI is InChI=1S/C28H36N4O6S/c1-19-12-13-22(20-7-3-2-4-8-20)23(17-19)38-28(14-15-28)26(33)31-39(35,36)25-11-5-10-24(30-25)32-16-6-9-21(18-32)37-27(29)34/h5,10-13,17,20-21H,2-4,6-9,14-16,18H2,1H3,(H2,29,34)(H,31,33). The third-order valence-corrected chi connectivity index (χ3v) is 9.07. The van der Waals surface area contributed by atoms with Gasteiger partial charge in [-0.3, -0.25) is 4.79 Å². The lowest BCUT2D eigenvalue weighted by molar-refractivity contribution is -0.128. The summed E-state index contributed by atoms with van der Waals surface area (Å²) in [5, 5.41) is -0.263. The number of benzene rings is 1. The fourth-order valence-electron chi connectivity index (χ4n) is 5.58. The lowest BCUT2D eigenvalue weighted by Gasteiger charge is -2.32. The lowest BCUT2D eigenvalue weighted by Crippen LogP contribution is -2.44. The second-order valence-electron chi connectivity index (χ2n) is 10.9. The van der Waals surface area contributed by atoms with Gasteiger partial charge in [0.2, 0.25) is 0 Å². The molecule has 2 aliphatic carbocycles. The van der Waals surface area contributed by atoms with Crippen LogP contribution in [0.3, 0.4) is 0 Å². The maximum absolute atomic E-state index is 13.3. The summed E-state index contributed by atoms with van der Waals surface area (Å²) in [6.07, 6.45) is 6.78. The number of piperidine rings is 1. The van der Waals surface area contributed by atoms with E-state index in [2.05, 4.69) is 21.8 Å². The number of rotatable bonds is 8. The molecule has 2 aromatic rings. The number of hydrogen-bond donors (Lipinski definition) is 2. The summed E-state index contributed by atoms with van der Waals surface area (Å²) in [5.74, 6) is 0.785. The quantitative estimate of drug-likeness (QED) is 0.499. The van der Waals surface area contributed by atoms with Gasteiger partial charge in [0.25, 0.3) is 15.9 Å². The lowest BCUT2D eigenvalue weighted by atomic mass is 9.83. The Hall–Kier alpha value is -3.34. The second-order valence-corrected chi connectivity index (χ2v) is 12.5. The molecule has 3 aliphatic rings. The van der Waals surface area contributed by atoms with Gasteiger partial charge in [0, 0.05) is 19.4 Å². The number of amides is 2. The first-order valence-electron chi connectivity index (χ1n) is 13.7. The van der Waals surface area contributed by atoms with Gasteiger partial charge in [-0.1, -0.05) is 37.5 Å². The minimum Gasteiger partial charge on any atom is -0.477 e. The maximum atomic E-state index is 13.3. The molecule has 3 fully saturated rings. The van der Waals surface area contributed by atoms with Crippen molar-refractivity contribution in [2.75, 3.05) is 18.0 Å². The van der Waals surface area contributed by atoms with E-state index in [0.717, 1.165) is 30.4 Å². The normalized spacial score (nSPS) is 21.2. The number of carbonyl (C=O) groups is 2. The molecule has 1 atom stereocenters. The van der Waals surface area contributed by atoms with Gasteiger partial charge in [-0.15, -0.1) is 0 Å². The van der Waals surface area contributed by atoms with Crippen molar-refractivity contribution in [2.24, 2.45) is 5.73 Å². The maximum Gasteiger partial charge on any atom is 0.404 e. The number of sulfonamides is 1. The number of nitrogens with zero attached hydrogens (tertiary/aromatic N) is 2. The first-order chi connectivity index (χ1) is 18.6. The Balaban J connectivity index is 1.30. The molecule has 10 nitrogen and oxygen atoms in total. The molecule has 2 heterocycles. The van der Waals surface area contributed by atoms with Crippen LogP contribution in [0.25, 0.3) is 0 Å². The Morgan fingerprint density at radius 3 is 2.56 bits per heavy atom. The average molecular weight is 557 g/mol. The molecular weight excluding hydrogens is 520 g/mol. The minimum absolute atomic E-state index is 0.263. The van der Waals surface area contributed by atoms with E-state index in [1.807, 2.05) is 17.9 Å². The number of primary amides is 1. The molecule has 1 aromatic carbocycles. The number of nitrogens with two attached hydrogens (primary N) is 1. The van der Waals surface area contributed by atoms with Crippen LogP contribution in [-0.4, -0.2) is 50.2 Å². The fourth-order valence-corrected chi connectivity index (χ4v) is 6.59. The number of ether oxygens (including phenoxy) is 2. The highest BCUT2D eigenvalue weighted by molar-refractivity contribution is 7.90. The van der Waals surface area contributed by atoms with Crippen LogP contribution in [0.1, 0.15) is 74.8 Å². The number of aryl methyl sites for hydroxylation is 1. The predicted molar refractivity (Wildman–Crippen MR) is 145 cm³/mol. The van der Waals surface area contributed by atoms with Crippen molar-refractivity contribution in [3.8, 4) is 5.75 Å². The van der Waals surface area contributed by atoms with Gasteiger partial charge in [0.05, 0.1) is 6.54 Å². The highest BCUT2D eigenvalue weighted by Crippen LogP contribution is 2.45. The number of carbonyl (C=O) groups excluding carboxylic acids is 2. The molecule has 2 saturated carbocycles. The number of hydrogen-bond acceptors (Lipinski definition) is 8. The molecular formula is C28H36N4O6S. The van der Waals surface area contributed by atoms with Gasteiger partial charge in [-0.05, 0) is 67.9 Å². The zero-order valence-corrected chi connectivity index (χ0v) is 23.0. The third-order valence-electron chi connectivity index (χ3n) is 7.83. The van der Waals surface area contributed by atoms with E-state index >= 15 is 0 Å². The Morgan fingerprint density at radius 1 is 1.08 bits per heavy atom. The molecule has 2 amide bonds. The summed E-state index contributed by atoms with van der Waals surface area (Å²) < 4.78 is 40.1.